The van der Waals surface area contributed by atoms with Crippen molar-refractivity contribution in [3.8, 4) is 0 Å². The second kappa shape index (κ2) is 8.31. The Labute approximate surface area is 183 Å². The van der Waals surface area contributed by atoms with E-state index in [1.165, 1.54) is 19.3 Å². The lowest BCUT2D eigenvalue weighted by molar-refractivity contribution is -0.149. The van der Waals surface area contributed by atoms with E-state index in [-0.39, 0.29) is 17.2 Å². The van der Waals surface area contributed by atoms with Crippen LogP contribution in [0.3, 0.4) is 0 Å². The molecule has 1 amide bonds. The van der Waals surface area contributed by atoms with Crippen molar-refractivity contribution in [1.29, 1.82) is 0 Å². The lowest BCUT2D eigenvalue weighted by atomic mass is 9.45. The Bertz CT molecular complexity index is 713. The van der Waals surface area contributed by atoms with Crippen molar-refractivity contribution >= 4 is 11.9 Å². The minimum Gasteiger partial charge on any atom is -0.480 e. The number of fused-ring (bicyclic) bond motifs is 3. The summed E-state index contributed by atoms with van der Waals surface area (Å²) in [4.78, 5) is 25.3. The van der Waals surface area contributed by atoms with Crippen molar-refractivity contribution in [2.75, 3.05) is 0 Å². The maximum absolute atomic E-state index is 13.5. The van der Waals surface area contributed by atoms with E-state index in [1.807, 2.05) is 13.8 Å². The van der Waals surface area contributed by atoms with Crippen LogP contribution in [0.4, 0.5) is 0 Å². The van der Waals surface area contributed by atoms with Crippen LogP contribution in [0.25, 0.3) is 0 Å². The molecule has 0 saturated heterocycles. The first-order chi connectivity index (χ1) is 13.9. The number of hydrogen-bond donors (Lipinski definition) is 2. The topological polar surface area (TPSA) is 66.4 Å². The largest absolute Gasteiger partial charge is 0.480 e. The van der Waals surface area contributed by atoms with Gasteiger partial charge in [-0.15, -0.1) is 0 Å². The number of carbonyl (C=O) groups is 2. The Balaban J connectivity index is 1.86. The van der Waals surface area contributed by atoms with Gasteiger partial charge in [0.1, 0.15) is 6.04 Å². The maximum atomic E-state index is 13.5. The molecular weight excluding hydrogens is 374 g/mol. The first-order valence-corrected chi connectivity index (χ1v) is 12.2. The van der Waals surface area contributed by atoms with Gasteiger partial charge in [0.15, 0.2) is 0 Å². The van der Waals surface area contributed by atoms with Crippen LogP contribution in [0.1, 0.15) is 99.3 Å². The summed E-state index contributed by atoms with van der Waals surface area (Å²) in [6, 6.07) is -0.794. The number of carbonyl (C=O) groups excluding carboxylic acids is 1. The molecule has 30 heavy (non-hydrogen) atoms. The molecule has 0 aromatic heterocycles. The van der Waals surface area contributed by atoms with Crippen molar-refractivity contribution in [3.05, 3.63) is 11.6 Å². The molecule has 2 saturated carbocycles. The van der Waals surface area contributed by atoms with Gasteiger partial charge in [0.25, 0.3) is 0 Å². The van der Waals surface area contributed by atoms with E-state index in [9.17, 15) is 14.7 Å². The predicted molar refractivity (Wildman–Crippen MR) is 121 cm³/mol. The second-order valence-corrected chi connectivity index (χ2v) is 11.7. The van der Waals surface area contributed by atoms with Gasteiger partial charge in [0, 0.05) is 0 Å². The van der Waals surface area contributed by atoms with Crippen LogP contribution < -0.4 is 5.32 Å². The average Bonchev–Trinajstić information content (AvgIpc) is 2.66. The number of allylic oxidation sites excluding steroid dienone is 2. The number of hydrogen-bond acceptors (Lipinski definition) is 2. The molecule has 4 heteroatoms. The molecule has 2 fully saturated rings. The van der Waals surface area contributed by atoms with Crippen molar-refractivity contribution in [2.45, 2.75) is 105 Å². The van der Waals surface area contributed by atoms with Crippen molar-refractivity contribution < 1.29 is 14.7 Å². The lowest BCUT2D eigenvalue weighted by Gasteiger charge is -2.59. The van der Waals surface area contributed by atoms with Crippen LogP contribution >= 0.6 is 0 Å². The van der Waals surface area contributed by atoms with Crippen molar-refractivity contribution in [3.63, 3.8) is 0 Å². The van der Waals surface area contributed by atoms with Gasteiger partial charge in [-0.25, -0.2) is 4.79 Å². The molecule has 0 bridgehead atoms. The van der Waals surface area contributed by atoms with E-state index in [0.29, 0.717) is 23.7 Å². The fraction of sp³-hybridized carbons (Fsp3) is 0.846. The van der Waals surface area contributed by atoms with Crippen molar-refractivity contribution in [2.24, 2.45) is 34.0 Å². The summed E-state index contributed by atoms with van der Waals surface area (Å²) in [5.74, 6) is 0.215. The monoisotopic (exact) mass is 417 g/mol. The number of amides is 1. The summed E-state index contributed by atoms with van der Waals surface area (Å²) in [5, 5.41) is 12.6. The molecule has 3 rings (SSSR count). The molecule has 4 nitrogen and oxygen atoms in total. The Kier molecular flexibility index (Phi) is 6.47. The highest BCUT2D eigenvalue weighted by Gasteiger charge is 2.57. The predicted octanol–water partition coefficient (Wildman–Crippen LogP) is 5.96. The zero-order valence-electron chi connectivity index (χ0n) is 20.0. The van der Waals surface area contributed by atoms with Gasteiger partial charge in [-0.05, 0) is 73.5 Å². The van der Waals surface area contributed by atoms with E-state index < -0.39 is 17.4 Å². The maximum Gasteiger partial charge on any atom is 0.326 e. The number of carboxylic acid groups (broad SMARTS) is 1. The van der Waals surface area contributed by atoms with Crippen LogP contribution in [0.5, 0.6) is 0 Å². The van der Waals surface area contributed by atoms with Gasteiger partial charge in [0.2, 0.25) is 5.91 Å². The summed E-state index contributed by atoms with van der Waals surface area (Å²) in [5.41, 5.74) is 1.60. The number of carboxylic acids is 1. The molecule has 0 aromatic carbocycles. The molecule has 170 valence electrons. The summed E-state index contributed by atoms with van der Waals surface area (Å²) < 4.78 is 0. The number of nitrogens with one attached hydrogen (secondary N) is 1. The third-order valence-electron chi connectivity index (χ3n) is 9.07. The first-order valence-electron chi connectivity index (χ1n) is 12.2. The molecule has 0 aliphatic heterocycles. The molecule has 0 heterocycles. The molecular formula is C26H43NO3. The second-order valence-electron chi connectivity index (χ2n) is 11.7. The van der Waals surface area contributed by atoms with E-state index in [4.69, 9.17) is 0 Å². The van der Waals surface area contributed by atoms with E-state index in [1.54, 1.807) is 5.57 Å². The summed E-state index contributed by atoms with van der Waals surface area (Å²) in [7, 11) is 0. The Morgan fingerprint density at radius 1 is 1.20 bits per heavy atom. The normalized spacial score (nSPS) is 39.5. The minimum absolute atomic E-state index is 0.0419. The highest BCUT2D eigenvalue weighted by Crippen LogP contribution is 2.64. The van der Waals surface area contributed by atoms with Crippen LogP contribution in [-0.4, -0.2) is 23.0 Å². The molecule has 3 aliphatic carbocycles. The van der Waals surface area contributed by atoms with Crippen LogP contribution in [0, 0.1) is 34.0 Å². The number of rotatable bonds is 6. The molecule has 0 radical (unpaired) electrons. The van der Waals surface area contributed by atoms with Gasteiger partial charge in [-0.1, -0.05) is 66.0 Å². The molecule has 6 atom stereocenters. The van der Waals surface area contributed by atoms with Gasteiger partial charge >= 0.3 is 5.97 Å². The van der Waals surface area contributed by atoms with Gasteiger partial charge in [-0.3, -0.25) is 4.79 Å². The summed E-state index contributed by atoms with van der Waals surface area (Å²) >= 11 is 0. The fourth-order valence-electron chi connectivity index (χ4n) is 7.07. The molecule has 2 unspecified atom stereocenters. The Morgan fingerprint density at radius 2 is 1.90 bits per heavy atom. The molecule has 0 aromatic rings. The zero-order chi connectivity index (χ0) is 22.3. The fourth-order valence-corrected chi connectivity index (χ4v) is 7.07. The van der Waals surface area contributed by atoms with E-state index in [0.717, 1.165) is 32.1 Å². The Hall–Kier alpha value is -1.32. The number of aliphatic carboxylic acids is 1. The smallest absolute Gasteiger partial charge is 0.326 e. The molecule has 2 N–H and O–H groups in total. The third kappa shape index (κ3) is 4.08. The van der Waals surface area contributed by atoms with Crippen molar-refractivity contribution in [1.82, 2.24) is 5.32 Å². The van der Waals surface area contributed by atoms with E-state index in [2.05, 4.69) is 39.1 Å². The molecule has 0 spiro atoms. The average molecular weight is 418 g/mol. The lowest BCUT2D eigenvalue weighted by Crippen LogP contribution is -2.57. The Morgan fingerprint density at radius 3 is 2.50 bits per heavy atom. The quantitative estimate of drug-likeness (QED) is 0.524. The highest BCUT2D eigenvalue weighted by atomic mass is 16.4. The van der Waals surface area contributed by atoms with Gasteiger partial charge < -0.3 is 10.4 Å². The van der Waals surface area contributed by atoms with Crippen LogP contribution in [0.15, 0.2) is 11.6 Å². The summed E-state index contributed by atoms with van der Waals surface area (Å²) in [6.07, 6.45) is 11.9. The highest BCUT2D eigenvalue weighted by molar-refractivity contribution is 5.87. The SMILES string of the molecule is CC[C@@]1(C)CC=C2C(CCC3[C@](C)(C(=O)N[C@@H](CC(C)C)C(=O)O)CCC[C@@]23C)C1. The van der Waals surface area contributed by atoms with Gasteiger partial charge in [-0.2, -0.15) is 0 Å². The van der Waals surface area contributed by atoms with Gasteiger partial charge in [0.05, 0.1) is 5.41 Å². The van der Waals surface area contributed by atoms with Crippen LogP contribution in [-0.2, 0) is 9.59 Å². The van der Waals surface area contributed by atoms with E-state index >= 15 is 0 Å². The standard InChI is InChI=1S/C26H43NO3/c1-7-24(4)14-11-19-18(16-24)9-10-21-25(19,5)12-8-13-26(21,6)23(30)27-20(22(28)29)15-17(2)3/h11,17-18,20-21H,7-10,12-16H2,1-6H3,(H,27,30)(H,28,29)/t18?,20-,21?,24-,25-,26+/m0/s1. The molecule has 3 aliphatic rings. The zero-order valence-corrected chi connectivity index (χ0v) is 20.0. The summed E-state index contributed by atoms with van der Waals surface area (Å²) in [6.45, 7) is 13.2. The first kappa shape index (κ1) is 23.3. The van der Waals surface area contributed by atoms with Crippen LogP contribution in [0.2, 0.25) is 0 Å². The third-order valence-corrected chi connectivity index (χ3v) is 9.07. The minimum atomic E-state index is -0.920.